The number of pyridine rings is 2. The smallest absolute Gasteiger partial charge is 0.391 e. The molecule has 0 spiro atoms. The molecule has 170 valence electrons. The Bertz CT molecular complexity index is 1200. The molecule has 6 heteroatoms. The van der Waals surface area contributed by atoms with Crippen LogP contribution in [0.25, 0.3) is 11.1 Å². The fourth-order valence-electron chi connectivity index (χ4n) is 3.71. The minimum Gasteiger partial charge on any atom is -0.391 e. The highest BCUT2D eigenvalue weighted by atomic mass is 16.3. The Morgan fingerprint density at radius 3 is 1.29 bits per heavy atom. The van der Waals surface area contributed by atoms with E-state index in [1.807, 2.05) is 48.5 Å². The van der Waals surface area contributed by atoms with Crippen LogP contribution in [0.2, 0.25) is 0 Å². The average Bonchev–Trinajstić information content (AvgIpc) is 2.89. The number of rotatable bonds is 7. The van der Waals surface area contributed by atoms with Crippen molar-refractivity contribution < 1.29 is 28.9 Å². The van der Waals surface area contributed by atoms with Gasteiger partial charge in [-0.05, 0) is 34.4 Å². The molecule has 2 aromatic heterocycles. The van der Waals surface area contributed by atoms with Gasteiger partial charge in [-0.3, -0.25) is 0 Å². The standard InChI is InChI=1S/C28H26N2O4/c31-19-23-3-1-13-29(17-23)27(33)15-21-5-9-25(10-6-21)26-11-7-22(8-12-26)16-28(34)30-14-2-4-24(18-30)20-32/h1-14,17-18,31-32H,15-16,19-20H2/q+2. The van der Waals surface area contributed by atoms with Gasteiger partial charge < -0.3 is 10.2 Å². The van der Waals surface area contributed by atoms with Gasteiger partial charge in [0.25, 0.3) is 0 Å². The second-order valence-electron chi connectivity index (χ2n) is 8.09. The molecular weight excluding hydrogens is 428 g/mol. The van der Waals surface area contributed by atoms with Crippen LogP contribution in [-0.2, 0) is 26.1 Å². The first-order chi connectivity index (χ1) is 16.6. The van der Waals surface area contributed by atoms with Crippen LogP contribution in [0, 0.1) is 0 Å². The molecule has 0 radical (unpaired) electrons. The summed E-state index contributed by atoms with van der Waals surface area (Å²) < 4.78 is 3.00. The van der Waals surface area contributed by atoms with E-state index in [1.54, 1.807) is 49.1 Å². The average molecular weight is 455 g/mol. The number of hydrogen-bond acceptors (Lipinski definition) is 4. The van der Waals surface area contributed by atoms with Crippen LogP contribution in [0.15, 0.2) is 97.6 Å². The van der Waals surface area contributed by atoms with Crippen molar-refractivity contribution in [3.63, 3.8) is 0 Å². The second kappa shape index (κ2) is 10.7. The van der Waals surface area contributed by atoms with Crippen molar-refractivity contribution in [2.75, 3.05) is 0 Å². The molecule has 6 nitrogen and oxygen atoms in total. The van der Waals surface area contributed by atoms with Crippen LogP contribution in [0.1, 0.15) is 31.8 Å². The molecule has 0 atom stereocenters. The third-order valence-electron chi connectivity index (χ3n) is 5.62. The summed E-state index contributed by atoms with van der Waals surface area (Å²) in [4.78, 5) is 25.1. The summed E-state index contributed by atoms with van der Waals surface area (Å²) in [6, 6.07) is 22.7. The number of nitrogens with zero attached hydrogens (tertiary/aromatic N) is 2. The molecule has 0 amide bonds. The Kier molecular flexibility index (Phi) is 7.32. The van der Waals surface area contributed by atoms with Gasteiger partial charge in [-0.15, -0.1) is 9.13 Å². The minimum absolute atomic E-state index is 0.0699. The Balaban J connectivity index is 1.40. The molecule has 0 bridgehead atoms. The molecule has 0 saturated carbocycles. The van der Waals surface area contributed by atoms with E-state index in [0.717, 1.165) is 22.3 Å². The Morgan fingerprint density at radius 2 is 0.941 bits per heavy atom. The maximum Gasteiger partial charge on any atom is 0.396 e. The van der Waals surface area contributed by atoms with Crippen LogP contribution in [0.4, 0.5) is 0 Å². The monoisotopic (exact) mass is 454 g/mol. The van der Waals surface area contributed by atoms with E-state index in [0.29, 0.717) is 11.1 Å². The minimum atomic E-state index is -0.106. The van der Waals surface area contributed by atoms with Crippen molar-refractivity contribution >= 4 is 11.8 Å². The summed E-state index contributed by atoms with van der Waals surface area (Å²) in [5.74, 6) is -0.140. The van der Waals surface area contributed by atoms with Gasteiger partial charge in [0, 0.05) is 23.3 Å². The normalized spacial score (nSPS) is 10.8. The van der Waals surface area contributed by atoms with Crippen molar-refractivity contribution in [3.05, 3.63) is 120 Å². The largest absolute Gasteiger partial charge is 0.396 e. The van der Waals surface area contributed by atoms with Gasteiger partial charge in [0.15, 0.2) is 24.8 Å². The fourth-order valence-corrected chi connectivity index (χ4v) is 3.71. The van der Waals surface area contributed by atoms with E-state index >= 15 is 0 Å². The lowest BCUT2D eigenvalue weighted by Gasteiger charge is -2.05. The third kappa shape index (κ3) is 5.67. The second-order valence-corrected chi connectivity index (χ2v) is 8.09. The first kappa shape index (κ1) is 23.2. The van der Waals surface area contributed by atoms with Gasteiger partial charge in [0.2, 0.25) is 0 Å². The lowest BCUT2D eigenvalue weighted by Crippen LogP contribution is -2.43. The molecule has 4 aromatic rings. The Morgan fingerprint density at radius 1 is 0.559 bits per heavy atom. The summed E-state index contributed by atoms with van der Waals surface area (Å²) in [5, 5.41) is 18.5. The molecule has 0 saturated heterocycles. The van der Waals surface area contributed by atoms with Crippen molar-refractivity contribution in [2.24, 2.45) is 0 Å². The van der Waals surface area contributed by atoms with Gasteiger partial charge in [-0.25, -0.2) is 9.59 Å². The molecule has 0 unspecified atom stereocenters. The van der Waals surface area contributed by atoms with Crippen molar-refractivity contribution in [1.29, 1.82) is 0 Å². The summed E-state index contributed by atoms with van der Waals surface area (Å²) in [5.41, 5.74) is 5.23. The van der Waals surface area contributed by atoms with E-state index in [4.69, 9.17) is 0 Å². The molecule has 2 N–H and O–H groups in total. The highest BCUT2D eigenvalue weighted by molar-refractivity contribution is 5.72. The van der Waals surface area contributed by atoms with Gasteiger partial charge >= 0.3 is 11.8 Å². The van der Waals surface area contributed by atoms with Crippen LogP contribution >= 0.6 is 0 Å². The Labute approximate surface area is 198 Å². The number of aromatic nitrogens is 2. The zero-order chi connectivity index (χ0) is 23.9. The Hall–Kier alpha value is -4.00. The number of carbonyl (C=O) groups excluding carboxylic acids is 2. The predicted octanol–water partition coefficient (Wildman–Crippen LogP) is 2.68. The van der Waals surface area contributed by atoms with E-state index in [2.05, 4.69) is 0 Å². The van der Waals surface area contributed by atoms with Crippen LogP contribution in [-0.4, -0.2) is 22.0 Å². The van der Waals surface area contributed by atoms with Crippen LogP contribution in [0.5, 0.6) is 0 Å². The summed E-state index contributed by atoms with van der Waals surface area (Å²) in [6.07, 6.45) is 7.18. The molecule has 4 rings (SSSR count). The van der Waals surface area contributed by atoms with E-state index in [-0.39, 0.29) is 37.9 Å². The van der Waals surface area contributed by atoms with Crippen molar-refractivity contribution in [2.45, 2.75) is 26.1 Å². The summed E-state index contributed by atoms with van der Waals surface area (Å²) in [7, 11) is 0. The highest BCUT2D eigenvalue weighted by Crippen LogP contribution is 2.21. The lowest BCUT2D eigenvalue weighted by molar-refractivity contribution is -0.575. The molecule has 34 heavy (non-hydrogen) atoms. The number of hydrogen-bond donors (Lipinski definition) is 2. The number of carbonyl (C=O) groups is 2. The molecule has 2 heterocycles. The zero-order valence-corrected chi connectivity index (χ0v) is 18.7. The summed E-state index contributed by atoms with van der Waals surface area (Å²) in [6.45, 7) is -0.211. The molecule has 2 aromatic carbocycles. The summed E-state index contributed by atoms with van der Waals surface area (Å²) >= 11 is 0. The van der Waals surface area contributed by atoms with Crippen LogP contribution in [0.3, 0.4) is 0 Å². The fraction of sp³-hybridized carbons (Fsp3) is 0.143. The molecule has 0 aliphatic carbocycles. The highest BCUT2D eigenvalue weighted by Gasteiger charge is 2.17. The van der Waals surface area contributed by atoms with Gasteiger partial charge in [-0.1, -0.05) is 48.5 Å². The molecule has 0 fully saturated rings. The number of aliphatic hydroxyl groups excluding tert-OH is 2. The van der Waals surface area contributed by atoms with E-state index < -0.39 is 0 Å². The number of aliphatic hydroxyl groups is 2. The number of benzene rings is 2. The van der Waals surface area contributed by atoms with Gasteiger partial charge in [0.05, 0.1) is 26.1 Å². The van der Waals surface area contributed by atoms with Gasteiger partial charge in [-0.2, -0.15) is 0 Å². The molecular formula is C28H26N2O4+2. The van der Waals surface area contributed by atoms with Crippen LogP contribution < -0.4 is 9.13 Å². The van der Waals surface area contributed by atoms with Gasteiger partial charge in [0.1, 0.15) is 0 Å². The first-order valence-corrected chi connectivity index (χ1v) is 11.0. The van der Waals surface area contributed by atoms with E-state index in [1.165, 1.54) is 9.13 Å². The van der Waals surface area contributed by atoms with Crippen molar-refractivity contribution in [3.8, 4) is 11.1 Å². The quantitative estimate of drug-likeness (QED) is 0.421. The maximum atomic E-state index is 12.5. The SMILES string of the molecule is O=C(Cc1ccc(-c2ccc(CC(=O)[n+]3cccc(CO)c3)cc2)cc1)[n+]1cccc(CO)c1. The third-order valence-corrected chi connectivity index (χ3v) is 5.62. The lowest BCUT2D eigenvalue weighted by atomic mass is 10.0. The first-order valence-electron chi connectivity index (χ1n) is 11.0. The molecule has 0 aliphatic rings. The van der Waals surface area contributed by atoms with E-state index in [9.17, 15) is 19.8 Å². The zero-order valence-electron chi connectivity index (χ0n) is 18.7. The van der Waals surface area contributed by atoms with Crippen molar-refractivity contribution in [1.82, 2.24) is 0 Å². The topological polar surface area (TPSA) is 82.4 Å². The molecule has 0 aliphatic heterocycles. The maximum absolute atomic E-state index is 12.5. The predicted molar refractivity (Wildman–Crippen MR) is 126 cm³/mol.